The number of hydrogen-bond acceptors (Lipinski definition) is 9. The molecule has 0 unspecified atom stereocenters. The van der Waals surface area contributed by atoms with Gasteiger partial charge in [0.1, 0.15) is 11.4 Å². The summed E-state index contributed by atoms with van der Waals surface area (Å²) in [6, 6.07) is 6.77. The monoisotopic (exact) mass is 457 g/mol. The lowest BCUT2D eigenvalue weighted by atomic mass is 10.0. The van der Waals surface area contributed by atoms with Crippen molar-refractivity contribution >= 4 is 17.6 Å². The molecule has 1 atom stereocenters. The second-order valence-corrected chi connectivity index (χ2v) is 9.40. The van der Waals surface area contributed by atoms with E-state index in [0.29, 0.717) is 38.5 Å². The van der Waals surface area contributed by atoms with E-state index in [4.69, 9.17) is 19.4 Å². The minimum atomic E-state index is -0.572. The first-order valence-corrected chi connectivity index (χ1v) is 11.1. The fourth-order valence-electron chi connectivity index (χ4n) is 4.05. The highest BCUT2D eigenvalue weighted by Crippen LogP contribution is 2.32. The van der Waals surface area contributed by atoms with Crippen LogP contribution < -0.4 is 10.1 Å². The molecule has 1 aromatic heterocycles. The van der Waals surface area contributed by atoms with Crippen LogP contribution in [0, 0.1) is 0 Å². The maximum Gasteiger partial charge on any atom is 0.410 e. The summed E-state index contributed by atoms with van der Waals surface area (Å²) < 4.78 is 11.2. The number of rotatable bonds is 3. The Morgan fingerprint density at radius 1 is 1.18 bits per heavy atom. The van der Waals surface area contributed by atoms with Gasteiger partial charge in [-0.3, -0.25) is 10.4 Å². The van der Waals surface area contributed by atoms with Crippen molar-refractivity contribution < 1.29 is 24.7 Å². The largest absolute Gasteiger partial charge is 0.444 e. The summed E-state index contributed by atoms with van der Waals surface area (Å²) in [7, 11) is 0. The highest BCUT2D eigenvalue weighted by Gasteiger charge is 2.32. The molecular weight excluding hydrogens is 426 g/mol. The van der Waals surface area contributed by atoms with E-state index in [1.165, 1.54) is 0 Å². The van der Waals surface area contributed by atoms with Gasteiger partial charge in [-0.05, 0) is 58.4 Å². The fraction of sp³-hybridized carbons (Fsp3) is 0.522. The molecule has 0 radical (unpaired) electrons. The normalized spacial score (nSPS) is 18.7. The van der Waals surface area contributed by atoms with Crippen LogP contribution in [0.5, 0.6) is 0 Å². The van der Waals surface area contributed by atoms with Gasteiger partial charge in [0.2, 0.25) is 0 Å². The van der Waals surface area contributed by atoms with Gasteiger partial charge >= 0.3 is 6.09 Å². The summed E-state index contributed by atoms with van der Waals surface area (Å²) >= 11 is 0. The SMILES string of the molecule is C[C@H]1COCCN1c1nc(-c2ccc(N(O)O)cc2)nc2c1CCN(C(=O)OC(C)(C)C)C2. The number of morpholine rings is 1. The van der Waals surface area contributed by atoms with Gasteiger partial charge in [-0.25, -0.2) is 14.8 Å². The molecule has 2 aliphatic rings. The zero-order valence-electron chi connectivity index (χ0n) is 19.5. The van der Waals surface area contributed by atoms with Crippen LogP contribution in [0.4, 0.5) is 16.3 Å². The number of ether oxygens (including phenoxy) is 2. The first-order valence-electron chi connectivity index (χ1n) is 11.1. The fourth-order valence-corrected chi connectivity index (χ4v) is 4.05. The molecule has 2 N–H and O–H groups in total. The van der Waals surface area contributed by atoms with Gasteiger partial charge in [0, 0.05) is 24.2 Å². The van der Waals surface area contributed by atoms with Crippen LogP contribution in [0.15, 0.2) is 24.3 Å². The molecule has 1 saturated heterocycles. The van der Waals surface area contributed by atoms with E-state index >= 15 is 0 Å². The third-order valence-electron chi connectivity index (χ3n) is 5.69. The first kappa shape index (κ1) is 23.2. The van der Waals surface area contributed by atoms with Crippen molar-refractivity contribution in [2.45, 2.75) is 52.3 Å². The maximum atomic E-state index is 12.7. The van der Waals surface area contributed by atoms with Gasteiger partial charge in [-0.2, -0.15) is 0 Å². The summed E-state index contributed by atoms with van der Waals surface area (Å²) in [6.45, 7) is 10.5. The minimum absolute atomic E-state index is 0.0665. The van der Waals surface area contributed by atoms with E-state index in [9.17, 15) is 15.2 Å². The van der Waals surface area contributed by atoms with Crippen molar-refractivity contribution in [1.82, 2.24) is 14.9 Å². The Morgan fingerprint density at radius 3 is 2.55 bits per heavy atom. The minimum Gasteiger partial charge on any atom is -0.444 e. The molecule has 10 heteroatoms. The smallest absolute Gasteiger partial charge is 0.410 e. The lowest BCUT2D eigenvalue weighted by molar-refractivity contribution is 0.0220. The van der Waals surface area contributed by atoms with Crippen molar-refractivity contribution in [3.63, 3.8) is 0 Å². The molecule has 1 aromatic carbocycles. The van der Waals surface area contributed by atoms with Crippen LogP contribution in [-0.2, 0) is 22.4 Å². The third kappa shape index (κ3) is 5.18. The van der Waals surface area contributed by atoms with E-state index in [1.54, 1.807) is 29.2 Å². The van der Waals surface area contributed by atoms with Gasteiger partial charge in [-0.1, -0.05) is 0 Å². The van der Waals surface area contributed by atoms with Crippen LogP contribution in [0.1, 0.15) is 39.0 Å². The van der Waals surface area contributed by atoms with Gasteiger partial charge in [-0.15, -0.1) is 5.23 Å². The highest BCUT2D eigenvalue weighted by atomic mass is 16.8. The molecule has 10 nitrogen and oxygen atoms in total. The quantitative estimate of drug-likeness (QED) is 0.671. The van der Waals surface area contributed by atoms with E-state index in [0.717, 1.165) is 29.2 Å². The predicted molar refractivity (Wildman–Crippen MR) is 121 cm³/mol. The lowest BCUT2D eigenvalue weighted by Gasteiger charge is -2.38. The van der Waals surface area contributed by atoms with E-state index in [1.807, 2.05) is 20.8 Å². The van der Waals surface area contributed by atoms with Gasteiger partial charge in [0.05, 0.1) is 37.2 Å². The van der Waals surface area contributed by atoms with E-state index in [-0.39, 0.29) is 23.0 Å². The van der Waals surface area contributed by atoms with Crippen molar-refractivity contribution in [3.8, 4) is 11.4 Å². The molecule has 1 amide bonds. The number of amides is 1. The number of carbonyl (C=O) groups excluding carboxylic acids is 1. The Hall–Kier alpha value is -2.95. The maximum absolute atomic E-state index is 12.7. The number of carbonyl (C=O) groups is 1. The molecule has 33 heavy (non-hydrogen) atoms. The van der Waals surface area contributed by atoms with Crippen molar-refractivity contribution in [2.75, 3.05) is 36.4 Å². The number of benzene rings is 1. The Bertz CT molecular complexity index is 1010. The topological polar surface area (TPSA) is 111 Å². The average Bonchev–Trinajstić information content (AvgIpc) is 2.77. The number of fused-ring (bicyclic) bond motifs is 1. The van der Waals surface area contributed by atoms with Crippen molar-refractivity contribution in [2.24, 2.45) is 0 Å². The molecule has 2 aromatic rings. The summed E-state index contributed by atoms with van der Waals surface area (Å²) in [5, 5.41) is 18.5. The van der Waals surface area contributed by atoms with E-state index in [2.05, 4.69) is 11.8 Å². The van der Waals surface area contributed by atoms with Crippen LogP contribution >= 0.6 is 0 Å². The Morgan fingerprint density at radius 2 is 1.91 bits per heavy atom. The molecule has 178 valence electrons. The Labute approximate surface area is 193 Å². The highest BCUT2D eigenvalue weighted by molar-refractivity contribution is 5.70. The zero-order chi connectivity index (χ0) is 23.8. The third-order valence-corrected chi connectivity index (χ3v) is 5.69. The molecule has 0 spiro atoms. The van der Waals surface area contributed by atoms with Crippen LogP contribution in [0.25, 0.3) is 11.4 Å². The molecule has 0 aliphatic carbocycles. The molecular formula is C23H31N5O5. The summed E-state index contributed by atoms with van der Waals surface area (Å²) in [5.74, 6) is 1.38. The molecule has 3 heterocycles. The average molecular weight is 458 g/mol. The number of aromatic nitrogens is 2. The van der Waals surface area contributed by atoms with Gasteiger partial charge < -0.3 is 19.3 Å². The zero-order valence-corrected chi connectivity index (χ0v) is 19.5. The number of hydrogen-bond donors (Lipinski definition) is 2. The van der Waals surface area contributed by atoms with Gasteiger partial charge in [0.15, 0.2) is 5.82 Å². The van der Waals surface area contributed by atoms with Crippen LogP contribution in [0.2, 0.25) is 0 Å². The lowest BCUT2D eigenvalue weighted by Crippen LogP contribution is -2.46. The number of anilines is 2. The molecule has 2 aliphatic heterocycles. The first-order chi connectivity index (χ1) is 15.6. The molecule has 4 rings (SSSR count). The summed E-state index contributed by atoms with van der Waals surface area (Å²) in [4.78, 5) is 26.4. The molecule has 0 saturated carbocycles. The Kier molecular flexibility index (Phi) is 6.42. The standard InChI is InChI=1S/C23H31N5O5/c1-15-14-32-12-11-27(15)21-18-9-10-26(22(29)33-23(2,3)4)13-19(18)24-20(25-21)16-5-7-17(8-6-16)28(30)31/h5-8,15,30-31H,9-14H2,1-4H3/t15-/m0/s1. The van der Waals surface area contributed by atoms with Crippen LogP contribution in [0.3, 0.4) is 0 Å². The Balaban J connectivity index is 1.72. The number of nitrogens with zero attached hydrogens (tertiary/aromatic N) is 5. The molecule has 0 bridgehead atoms. The predicted octanol–water partition coefficient (Wildman–Crippen LogP) is 3.25. The van der Waals surface area contributed by atoms with Crippen molar-refractivity contribution in [3.05, 3.63) is 35.5 Å². The summed E-state index contributed by atoms with van der Waals surface area (Å²) in [6.07, 6.45) is 0.280. The molecule has 1 fully saturated rings. The summed E-state index contributed by atoms with van der Waals surface area (Å²) in [5.41, 5.74) is 2.23. The second kappa shape index (κ2) is 9.12. The van der Waals surface area contributed by atoms with Gasteiger partial charge in [0.25, 0.3) is 0 Å². The van der Waals surface area contributed by atoms with Crippen LogP contribution in [-0.4, -0.2) is 69.3 Å². The van der Waals surface area contributed by atoms with E-state index < -0.39 is 5.60 Å². The second-order valence-electron chi connectivity index (χ2n) is 9.40. The van der Waals surface area contributed by atoms with Crippen molar-refractivity contribution in [1.29, 1.82) is 0 Å².